The molecule has 94 valence electrons. The highest BCUT2D eigenvalue weighted by molar-refractivity contribution is 5.79. The maximum Gasteiger partial charge on any atom is 0.0909 e. The largest absolute Gasteiger partial charge is 0.385 e. The normalized spacial score (nSPS) is 24.9. The number of nitrogens with one attached hydrogen (secondary N) is 1. The number of aliphatic hydroxyl groups is 1. The van der Waals surface area contributed by atoms with Crippen molar-refractivity contribution >= 4 is 10.9 Å². The number of hydrogen-bond donors (Lipinski definition) is 2. The van der Waals surface area contributed by atoms with Crippen LogP contribution >= 0.6 is 0 Å². The summed E-state index contributed by atoms with van der Waals surface area (Å²) < 4.78 is 0. The zero-order valence-corrected chi connectivity index (χ0v) is 10.4. The lowest BCUT2D eigenvalue weighted by Gasteiger charge is -2.27. The third kappa shape index (κ3) is 2.11. The van der Waals surface area contributed by atoms with Crippen LogP contribution in [-0.2, 0) is 5.60 Å². The molecule has 1 fully saturated rings. The van der Waals surface area contributed by atoms with Crippen LogP contribution in [0.2, 0.25) is 0 Å². The molecular weight excluding hydrogens is 224 g/mol. The lowest BCUT2D eigenvalue weighted by Crippen LogP contribution is -2.27. The van der Waals surface area contributed by atoms with E-state index in [-0.39, 0.29) is 0 Å². The van der Waals surface area contributed by atoms with E-state index in [0.717, 1.165) is 48.8 Å². The maximum atomic E-state index is 10.8. The molecule has 0 bridgehead atoms. The number of rotatable bonds is 1. The van der Waals surface area contributed by atoms with Gasteiger partial charge in [-0.2, -0.15) is 0 Å². The Labute approximate surface area is 107 Å². The van der Waals surface area contributed by atoms with Gasteiger partial charge in [-0.25, -0.2) is 0 Å². The van der Waals surface area contributed by atoms with Crippen LogP contribution in [0.1, 0.15) is 24.8 Å². The van der Waals surface area contributed by atoms with Crippen molar-refractivity contribution < 1.29 is 5.11 Å². The molecule has 1 aliphatic heterocycles. The zero-order chi connectivity index (χ0) is 12.4. The van der Waals surface area contributed by atoms with E-state index in [1.165, 1.54) is 0 Å². The molecule has 1 aromatic heterocycles. The summed E-state index contributed by atoms with van der Waals surface area (Å²) in [5.74, 6) is 0. The Bertz CT molecular complexity index is 545. The Balaban J connectivity index is 2.02. The van der Waals surface area contributed by atoms with Crippen molar-refractivity contribution in [3.05, 3.63) is 42.1 Å². The smallest absolute Gasteiger partial charge is 0.0909 e. The van der Waals surface area contributed by atoms with Crippen LogP contribution < -0.4 is 5.32 Å². The molecule has 0 radical (unpaired) electrons. The van der Waals surface area contributed by atoms with E-state index in [1.54, 1.807) is 6.20 Å². The van der Waals surface area contributed by atoms with Crippen molar-refractivity contribution in [2.24, 2.45) is 0 Å². The third-order valence-corrected chi connectivity index (χ3v) is 3.80. The average molecular weight is 242 g/mol. The van der Waals surface area contributed by atoms with Gasteiger partial charge in [0.25, 0.3) is 0 Å². The first-order valence-corrected chi connectivity index (χ1v) is 6.56. The van der Waals surface area contributed by atoms with Crippen molar-refractivity contribution in [2.75, 3.05) is 13.1 Å². The van der Waals surface area contributed by atoms with E-state index in [2.05, 4.69) is 16.4 Å². The van der Waals surface area contributed by atoms with Crippen LogP contribution in [0, 0.1) is 0 Å². The van der Waals surface area contributed by atoms with Gasteiger partial charge in [0.1, 0.15) is 0 Å². The van der Waals surface area contributed by atoms with Gasteiger partial charge in [0, 0.05) is 11.6 Å². The number of pyridine rings is 1. The number of nitrogens with zero attached hydrogens (tertiary/aromatic N) is 1. The number of fused-ring (bicyclic) bond motifs is 1. The highest BCUT2D eigenvalue weighted by Crippen LogP contribution is 2.32. The van der Waals surface area contributed by atoms with Gasteiger partial charge in [-0.15, -0.1) is 0 Å². The molecule has 0 saturated carbocycles. The van der Waals surface area contributed by atoms with Crippen molar-refractivity contribution in [3.63, 3.8) is 0 Å². The second-order valence-corrected chi connectivity index (χ2v) is 5.05. The third-order valence-electron chi connectivity index (χ3n) is 3.80. The first-order valence-electron chi connectivity index (χ1n) is 6.56. The minimum absolute atomic E-state index is 0.687. The van der Waals surface area contributed by atoms with Crippen LogP contribution in [0.3, 0.4) is 0 Å². The van der Waals surface area contributed by atoms with E-state index in [0.29, 0.717) is 0 Å². The average Bonchev–Trinajstić information content (AvgIpc) is 2.64. The Hall–Kier alpha value is -1.45. The molecule has 2 N–H and O–H groups in total. The van der Waals surface area contributed by atoms with Crippen molar-refractivity contribution in [2.45, 2.75) is 24.9 Å². The van der Waals surface area contributed by atoms with Gasteiger partial charge in [-0.05, 0) is 56.1 Å². The van der Waals surface area contributed by atoms with E-state index < -0.39 is 5.60 Å². The van der Waals surface area contributed by atoms with E-state index in [4.69, 9.17) is 0 Å². The molecule has 18 heavy (non-hydrogen) atoms. The van der Waals surface area contributed by atoms with Crippen molar-refractivity contribution in [1.82, 2.24) is 10.3 Å². The summed E-state index contributed by atoms with van der Waals surface area (Å²) in [6.45, 7) is 1.87. The number of aromatic nitrogens is 1. The van der Waals surface area contributed by atoms with E-state index in [9.17, 15) is 5.11 Å². The minimum Gasteiger partial charge on any atom is -0.385 e. The van der Waals surface area contributed by atoms with Gasteiger partial charge in [0.05, 0.1) is 11.1 Å². The molecular formula is C15H18N2O. The summed E-state index contributed by atoms with van der Waals surface area (Å²) in [4.78, 5) is 4.31. The lowest BCUT2D eigenvalue weighted by molar-refractivity contribution is 0.0242. The topological polar surface area (TPSA) is 45.2 Å². The molecule has 0 amide bonds. The minimum atomic E-state index is -0.687. The molecule has 0 spiro atoms. The summed E-state index contributed by atoms with van der Waals surface area (Å²) in [7, 11) is 0. The molecule has 3 heteroatoms. The maximum absolute atomic E-state index is 10.8. The molecule has 2 aromatic rings. The van der Waals surface area contributed by atoms with E-state index >= 15 is 0 Å². The molecule has 1 unspecified atom stereocenters. The Morgan fingerprint density at radius 2 is 2.11 bits per heavy atom. The first kappa shape index (κ1) is 11.6. The fraction of sp³-hybridized carbons (Fsp3) is 0.400. The van der Waals surface area contributed by atoms with Crippen LogP contribution in [0.4, 0.5) is 0 Å². The first-order chi connectivity index (χ1) is 8.78. The van der Waals surface area contributed by atoms with Crippen LogP contribution in [0.5, 0.6) is 0 Å². The fourth-order valence-corrected chi connectivity index (χ4v) is 2.70. The van der Waals surface area contributed by atoms with Crippen molar-refractivity contribution in [1.29, 1.82) is 0 Å². The molecule has 1 aromatic carbocycles. The van der Waals surface area contributed by atoms with Gasteiger partial charge in [-0.3, -0.25) is 4.98 Å². The number of benzene rings is 1. The number of hydrogen-bond acceptors (Lipinski definition) is 3. The highest BCUT2D eigenvalue weighted by atomic mass is 16.3. The quantitative estimate of drug-likeness (QED) is 0.805. The second-order valence-electron chi connectivity index (χ2n) is 5.05. The second kappa shape index (κ2) is 4.67. The lowest BCUT2D eigenvalue weighted by atomic mass is 9.86. The Kier molecular flexibility index (Phi) is 3.02. The monoisotopic (exact) mass is 242 g/mol. The van der Waals surface area contributed by atoms with Crippen LogP contribution in [0.25, 0.3) is 10.9 Å². The molecule has 1 saturated heterocycles. The van der Waals surface area contributed by atoms with Crippen molar-refractivity contribution in [3.8, 4) is 0 Å². The standard InChI is InChI=1S/C15H18N2O/c18-15(6-2-8-16-10-7-15)13-4-5-14-12(11-13)3-1-9-17-14/h1,3-5,9,11,16,18H,2,6-8,10H2. The van der Waals surface area contributed by atoms with Gasteiger partial charge >= 0.3 is 0 Å². The predicted octanol–water partition coefficient (Wildman–Crippen LogP) is 2.20. The van der Waals surface area contributed by atoms with Gasteiger partial charge in [0.15, 0.2) is 0 Å². The molecule has 0 aliphatic carbocycles. The van der Waals surface area contributed by atoms with Gasteiger partial charge in [-0.1, -0.05) is 12.1 Å². The summed E-state index contributed by atoms with van der Waals surface area (Å²) in [6.07, 6.45) is 4.42. The molecule has 1 atom stereocenters. The predicted molar refractivity (Wildman–Crippen MR) is 72.4 cm³/mol. The summed E-state index contributed by atoms with van der Waals surface area (Å²) in [5, 5.41) is 15.3. The highest BCUT2D eigenvalue weighted by Gasteiger charge is 2.29. The SMILES string of the molecule is OC1(c2ccc3ncccc3c2)CCCNCC1. The molecule has 1 aliphatic rings. The van der Waals surface area contributed by atoms with E-state index in [1.807, 2.05) is 24.3 Å². The zero-order valence-electron chi connectivity index (χ0n) is 10.4. The van der Waals surface area contributed by atoms with Gasteiger partial charge in [0.2, 0.25) is 0 Å². The fourth-order valence-electron chi connectivity index (χ4n) is 2.70. The summed E-state index contributed by atoms with van der Waals surface area (Å²) in [5.41, 5.74) is 1.32. The van der Waals surface area contributed by atoms with Crippen LogP contribution in [0.15, 0.2) is 36.5 Å². The Morgan fingerprint density at radius 1 is 1.17 bits per heavy atom. The summed E-state index contributed by atoms with van der Waals surface area (Å²) >= 11 is 0. The van der Waals surface area contributed by atoms with Gasteiger partial charge < -0.3 is 10.4 Å². The molecule has 3 rings (SSSR count). The summed E-state index contributed by atoms with van der Waals surface area (Å²) in [6, 6.07) is 10.1. The Morgan fingerprint density at radius 3 is 3.06 bits per heavy atom. The molecule has 3 nitrogen and oxygen atoms in total. The molecule has 2 heterocycles. The van der Waals surface area contributed by atoms with Crippen LogP contribution in [-0.4, -0.2) is 23.2 Å².